The number of rotatable bonds is 2. The van der Waals surface area contributed by atoms with Gasteiger partial charge in [0.25, 0.3) is 5.91 Å². The molecule has 0 aromatic rings. The molecule has 16 heavy (non-hydrogen) atoms. The fourth-order valence-electron chi connectivity index (χ4n) is 2.03. The Labute approximate surface area is 98.1 Å². The number of amides is 3. The summed E-state index contributed by atoms with van der Waals surface area (Å²) in [6.45, 7) is 0.961. The van der Waals surface area contributed by atoms with Gasteiger partial charge in [-0.1, -0.05) is 12.2 Å². The lowest BCUT2D eigenvalue weighted by molar-refractivity contribution is -0.134. The number of imide groups is 1. The van der Waals surface area contributed by atoms with Crippen molar-refractivity contribution in [2.24, 2.45) is 5.73 Å². The van der Waals surface area contributed by atoms with Crippen molar-refractivity contribution in [3.8, 4) is 0 Å². The van der Waals surface area contributed by atoms with Crippen LogP contribution in [0.25, 0.3) is 0 Å². The van der Waals surface area contributed by atoms with Gasteiger partial charge in [-0.15, -0.1) is 0 Å². The number of hydrogen-bond donors (Lipinski definition) is 2. The standard InChI is InChI=1S/C9H13N3O3S/c10-6(16)5-12-7(13)9(11-8(12)14)1-3-15-4-2-9/h1-5H2,(H2,10,16)(H,11,14). The molecule has 2 rings (SSSR count). The van der Waals surface area contributed by atoms with Gasteiger partial charge in [0.15, 0.2) is 0 Å². The molecule has 1 spiro atoms. The molecule has 2 saturated heterocycles. The number of hydrogen-bond acceptors (Lipinski definition) is 4. The van der Waals surface area contributed by atoms with E-state index in [-0.39, 0.29) is 17.4 Å². The highest BCUT2D eigenvalue weighted by Gasteiger charge is 2.51. The van der Waals surface area contributed by atoms with E-state index in [1.807, 2.05) is 0 Å². The van der Waals surface area contributed by atoms with Gasteiger partial charge in [-0.05, 0) is 0 Å². The van der Waals surface area contributed by atoms with Crippen LogP contribution in [0.2, 0.25) is 0 Å². The molecule has 88 valence electrons. The van der Waals surface area contributed by atoms with E-state index in [1.165, 1.54) is 0 Å². The van der Waals surface area contributed by atoms with Crippen molar-refractivity contribution in [3.05, 3.63) is 0 Å². The van der Waals surface area contributed by atoms with E-state index in [4.69, 9.17) is 22.7 Å². The van der Waals surface area contributed by atoms with Gasteiger partial charge in [0.1, 0.15) is 5.54 Å². The van der Waals surface area contributed by atoms with E-state index >= 15 is 0 Å². The van der Waals surface area contributed by atoms with E-state index in [9.17, 15) is 9.59 Å². The first kappa shape index (κ1) is 11.3. The Morgan fingerprint density at radius 1 is 1.50 bits per heavy atom. The number of urea groups is 1. The van der Waals surface area contributed by atoms with Crippen LogP contribution in [0, 0.1) is 0 Å². The minimum Gasteiger partial charge on any atom is -0.392 e. The number of nitrogens with two attached hydrogens (primary N) is 1. The van der Waals surface area contributed by atoms with Crippen LogP contribution in [-0.2, 0) is 9.53 Å². The Hall–Kier alpha value is -1.21. The number of ether oxygens (including phenoxy) is 1. The number of thiocarbonyl (C=S) groups is 1. The molecule has 0 aromatic carbocycles. The zero-order chi connectivity index (χ0) is 11.8. The Kier molecular flexibility index (Phi) is 2.81. The van der Waals surface area contributed by atoms with Gasteiger partial charge >= 0.3 is 6.03 Å². The third kappa shape index (κ3) is 1.76. The largest absolute Gasteiger partial charge is 0.392 e. The van der Waals surface area contributed by atoms with Crippen molar-refractivity contribution in [3.63, 3.8) is 0 Å². The summed E-state index contributed by atoms with van der Waals surface area (Å²) < 4.78 is 5.18. The van der Waals surface area contributed by atoms with Crippen molar-refractivity contribution >= 4 is 29.1 Å². The molecule has 0 atom stereocenters. The van der Waals surface area contributed by atoms with E-state index in [0.717, 1.165) is 4.90 Å². The average molecular weight is 243 g/mol. The third-order valence-electron chi connectivity index (χ3n) is 2.91. The van der Waals surface area contributed by atoms with E-state index in [1.54, 1.807) is 0 Å². The van der Waals surface area contributed by atoms with Crippen LogP contribution >= 0.6 is 12.2 Å². The monoisotopic (exact) mass is 243 g/mol. The molecule has 0 saturated carbocycles. The Morgan fingerprint density at radius 2 is 2.12 bits per heavy atom. The fraction of sp³-hybridized carbons (Fsp3) is 0.667. The van der Waals surface area contributed by atoms with Gasteiger partial charge in [0, 0.05) is 26.1 Å². The molecule has 2 aliphatic rings. The minimum absolute atomic E-state index is 0.00259. The van der Waals surface area contributed by atoms with Crippen molar-refractivity contribution < 1.29 is 14.3 Å². The molecule has 6 nitrogen and oxygen atoms in total. The lowest BCUT2D eigenvalue weighted by Gasteiger charge is -2.30. The lowest BCUT2D eigenvalue weighted by Crippen LogP contribution is -2.51. The molecule has 2 fully saturated rings. The molecule has 3 amide bonds. The molecule has 2 aliphatic heterocycles. The summed E-state index contributed by atoms with van der Waals surface area (Å²) in [5.74, 6) is -0.242. The van der Waals surface area contributed by atoms with Crippen LogP contribution < -0.4 is 11.1 Å². The van der Waals surface area contributed by atoms with Gasteiger partial charge < -0.3 is 15.8 Å². The predicted octanol–water partition coefficient (Wildman–Crippen LogP) is -0.627. The quantitative estimate of drug-likeness (QED) is 0.498. The molecular formula is C9H13N3O3S. The number of nitrogens with one attached hydrogen (secondary N) is 1. The highest BCUT2D eigenvalue weighted by Crippen LogP contribution is 2.28. The predicted molar refractivity (Wildman–Crippen MR) is 59.8 cm³/mol. The molecule has 0 aliphatic carbocycles. The van der Waals surface area contributed by atoms with Gasteiger partial charge in [-0.25, -0.2) is 4.79 Å². The molecule has 0 unspecified atom stereocenters. The fourth-order valence-corrected chi connectivity index (χ4v) is 2.16. The Bertz CT molecular complexity index is 352. The van der Waals surface area contributed by atoms with Crippen LogP contribution in [0.3, 0.4) is 0 Å². The number of carbonyl (C=O) groups is 2. The maximum Gasteiger partial charge on any atom is 0.325 e. The first-order valence-electron chi connectivity index (χ1n) is 5.05. The third-order valence-corrected chi connectivity index (χ3v) is 3.04. The van der Waals surface area contributed by atoms with Gasteiger partial charge in [-0.3, -0.25) is 9.69 Å². The molecular weight excluding hydrogens is 230 g/mol. The lowest BCUT2D eigenvalue weighted by atomic mass is 9.90. The van der Waals surface area contributed by atoms with Crippen LogP contribution in [0.1, 0.15) is 12.8 Å². The second kappa shape index (κ2) is 3.99. The summed E-state index contributed by atoms with van der Waals surface area (Å²) in [6.07, 6.45) is 1.01. The second-order valence-electron chi connectivity index (χ2n) is 3.98. The maximum atomic E-state index is 12.1. The van der Waals surface area contributed by atoms with E-state index in [0.29, 0.717) is 26.1 Å². The molecule has 2 heterocycles. The van der Waals surface area contributed by atoms with Gasteiger partial charge in [-0.2, -0.15) is 0 Å². The highest BCUT2D eigenvalue weighted by atomic mass is 32.1. The topological polar surface area (TPSA) is 84.7 Å². The van der Waals surface area contributed by atoms with Crippen LogP contribution in [0.15, 0.2) is 0 Å². The molecule has 7 heteroatoms. The van der Waals surface area contributed by atoms with Crippen molar-refractivity contribution in [2.45, 2.75) is 18.4 Å². The number of nitrogens with zero attached hydrogens (tertiary/aromatic N) is 1. The second-order valence-corrected chi connectivity index (χ2v) is 4.51. The highest BCUT2D eigenvalue weighted by molar-refractivity contribution is 7.80. The smallest absolute Gasteiger partial charge is 0.325 e. The van der Waals surface area contributed by atoms with Gasteiger partial charge in [0.05, 0.1) is 11.5 Å². The maximum absolute atomic E-state index is 12.1. The van der Waals surface area contributed by atoms with E-state index in [2.05, 4.69) is 5.32 Å². The SMILES string of the molecule is NC(=S)CN1C(=O)NC2(CCOCC2)C1=O. The van der Waals surface area contributed by atoms with Crippen molar-refractivity contribution in [2.75, 3.05) is 19.8 Å². The van der Waals surface area contributed by atoms with Crippen LogP contribution in [-0.4, -0.2) is 47.1 Å². The first-order valence-corrected chi connectivity index (χ1v) is 5.46. The summed E-state index contributed by atoms with van der Waals surface area (Å²) in [7, 11) is 0. The Morgan fingerprint density at radius 3 is 2.69 bits per heavy atom. The van der Waals surface area contributed by atoms with Crippen LogP contribution in [0.5, 0.6) is 0 Å². The normalized spacial score (nSPS) is 23.6. The summed E-state index contributed by atoms with van der Waals surface area (Å²) in [5.41, 5.74) is 4.56. The zero-order valence-electron chi connectivity index (χ0n) is 8.69. The number of carbonyl (C=O) groups excluding carboxylic acids is 2. The molecule has 3 N–H and O–H groups in total. The summed E-state index contributed by atoms with van der Waals surface area (Å²) in [4.78, 5) is 24.9. The van der Waals surface area contributed by atoms with E-state index < -0.39 is 11.6 Å². The van der Waals surface area contributed by atoms with Crippen molar-refractivity contribution in [1.82, 2.24) is 10.2 Å². The van der Waals surface area contributed by atoms with Crippen LogP contribution in [0.4, 0.5) is 4.79 Å². The summed E-state index contributed by atoms with van der Waals surface area (Å²) in [6, 6.07) is -0.417. The molecule has 0 radical (unpaired) electrons. The van der Waals surface area contributed by atoms with Crippen molar-refractivity contribution in [1.29, 1.82) is 0 Å². The summed E-state index contributed by atoms with van der Waals surface area (Å²) in [5, 5.41) is 2.72. The molecule has 0 bridgehead atoms. The zero-order valence-corrected chi connectivity index (χ0v) is 9.51. The molecule has 0 aromatic heterocycles. The summed E-state index contributed by atoms with van der Waals surface area (Å²) >= 11 is 4.71. The average Bonchev–Trinajstić information content (AvgIpc) is 2.44. The minimum atomic E-state index is -0.792. The first-order chi connectivity index (χ1) is 7.55. The van der Waals surface area contributed by atoms with Gasteiger partial charge in [0.2, 0.25) is 0 Å². The Balaban J connectivity index is 2.17.